The van der Waals surface area contributed by atoms with Gasteiger partial charge in [-0.05, 0) is 13.8 Å². The van der Waals surface area contributed by atoms with Crippen molar-refractivity contribution in [1.29, 1.82) is 0 Å². The van der Waals surface area contributed by atoms with E-state index in [1.807, 2.05) is 0 Å². The summed E-state index contributed by atoms with van der Waals surface area (Å²) in [5.74, 6) is -1.40. The zero-order valence-electron chi connectivity index (χ0n) is 10.7. The van der Waals surface area contributed by atoms with E-state index in [1.54, 1.807) is 6.29 Å². The zero-order valence-corrected chi connectivity index (χ0v) is 15.8. The molecule has 0 bridgehead atoms. The van der Waals surface area contributed by atoms with E-state index in [2.05, 4.69) is 23.3 Å². The molecule has 19 heavy (non-hydrogen) atoms. The SMILES string of the molecule is CC([C-]=O)NC(=O)C(C)OC(=O)C(C)NC(=O)S.[U]. The molecule has 0 spiro atoms. The molecule has 0 aromatic rings. The first-order valence-corrected chi connectivity index (χ1v) is 5.60. The van der Waals surface area contributed by atoms with Crippen LogP contribution in [0.25, 0.3) is 0 Å². The Labute approximate surface area is 140 Å². The molecule has 9 heteroatoms. The summed E-state index contributed by atoms with van der Waals surface area (Å²) < 4.78 is 4.79. The number of carbonyl (C=O) groups is 3. The predicted octanol–water partition coefficient (Wildman–Crippen LogP) is -0.440. The second kappa shape index (κ2) is 10.3. The molecule has 3 unspecified atom stereocenters. The average Bonchev–Trinajstić information content (AvgIpc) is 2.27. The first-order valence-electron chi connectivity index (χ1n) is 5.16. The first kappa shape index (κ1) is 20.8. The Kier molecular flexibility index (Phi) is 11.3. The van der Waals surface area contributed by atoms with Crippen molar-refractivity contribution in [2.75, 3.05) is 0 Å². The van der Waals surface area contributed by atoms with E-state index >= 15 is 0 Å². The summed E-state index contributed by atoms with van der Waals surface area (Å²) in [5.41, 5.74) is 0. The maximum absolute atomic E-state index is 11.4. The van der Waals surface area contributed by atoms with Crippen LogP contribution >= 0.6 is 12.6 Å². The molecule has 0 rings (SSSR count). The van der Waals surface area contributed by atoms with Gasteiger partial charge in [0.25, 0.3) is 11.1 Å². The molecule has 106 valence electrons. The van der Waals surface area contributed by atoms with Crippen molar-refractivity contribution in [3.63, 3.8) is 0 Å². The minimum absolute atomic E-state index is 0. The fourth-order valence-electron chi connectivity index (χ4n) is 0.934. The van der Waals surface area contributed by atoms with Gasteiger partial charge in [-0.15, -0.1) is 0 Å². The van der Waals surface area contributed by atoms with Gasteiger partial charge in [-0.3, -0.25) is 9.59 Å². The normalized spacial score (nSPS) is 14.1. The Bertz CT molecular complexity index is 353. The van der Waals surface area contributed by atoms with Gasteiger partial charge in [-0.1, -0.05) is 25.6 Å². The third kappa shape index (κ3) is 9.08. The molecule has 0 radical (unpaired) electrons. The van der Waals surface area contributed by atoms with Gasteiger partial charge in [-0.2, -0.15) is 0 Å². The van der Waals surface area contributed by atoms with Crippen LogP contribution in [0.4, 0.5) is 4.79 Å². The number of hydrogen-bond donors (Lipinski definition) is 3. The van der Waals surface area contributed by atoms with Crippen molar-refractivity contribution >= 4 is 36.0 Å². The second-order valence-corrected chi connectivity index (χ2v) is 4.00. The van der Waals surface area contributed by atoms with E-state index in [4.69, 9.17) is 4.74 Å². The summed E-state index contributed by atoms with van der Waals surface area (Å²) in [4.78, 5) is 43.6. The third-order valence-corrected chi connectivity index (χ3v) is 2.02. The second-order valence-electron chi connectivity index (χ2n) is 3.60. The number of nitrogens with one attached hydrogen (secondary N) is 2. The van der Waals surface area contributed by atoms with Crippen molar-refractivity contribution in [2.24, 2.45) is 0 Å². The summed E-state index contributed by atoms with van der Waals surface area (Å²) in [7, 11) is 0. The van der Waals surface area contributed by atoms with Gasteiger partial charge in [0, 0.05) is 31.1 Å². The van der Waals surface area contributed by atoms with Crippen molar-refractivity contribution in [1.82, 2.24) is 10.6 Å². The van der Waals surface area contributed by atoms with Crippen LogP contribution in [0.2, 0.25) is 0 Å². The maximum atomic E-state index is 11.4. The summed E-state index contributed by atoms with van der Waals surface area (Å²) in [5, 5.41) is 3.79. The van der Waals surface area contributed by atoms with Crippen LogP contribution in [0.1, 0.15) is 20.8 Å². The van der Waals surface area contributed by atoms with Crippen LogP contribution in [0.15, 0.2) is 0 Å². The maximum Gasteiger partial charge on any atom is 0.329 e. The fourth-order valence-corrected chi connectivity index (χ4v) is 1.13. The number of ether oxygens (including phenoxy) is 1. The van der Waals surface area contributed by atoms with Crippen LogP contribution in [0, 0.1) is 31.1 Å². The number of rotatable bonds is 6. The quantitative estimate of drug-likeness (QED) is 0.254. The molecule has 2 N–H and O–H groups in total. The molecule has 2 amide bonds. The molecule has 0 saturated heterocycles. The fraction of sp³-hybridized carbons (Fsp3) is 0.600. The molecule has 0 aromatic carbocycles. The number of carbonyl (C=O) groups excluding carboxylic acids is 4. The van der Waals surface area contributed by atoms with Crippen LogP contribution in [-0.4, -0.2) is 41.6 Å². The van der Waals surface area contributed by atoms with E-state index in [9.17, 15) is 19.2 Å². The molecule has 0 aliphatic carbocycles. The Morgan fingerprint density at radius 1 is 1.16 bits per heavy atom. The molecule has 7 nitrogen and oxygen atoms in total. The molecule has 0 heterocycles. The Morgan fingerprint density at radius 3 is 2.11 bits per heavy atom. The Balaban J connectivity index is 0. The summed E-state index contributed by atoms with van der Waals surface area (Å²) in [6, 6.07) is -1.70. The summed E-state index contributed by atoms with van der Waals surface area (Å²) in [6.45, 7) is 4.17. The third-order valence-electron chi connectivity index (χ3n) is 1.89. The van der Waals surface area contributed by atoms with Crippen LogP contribution in [-0.2, 0) is 19.1 Å². The van der Waals surface area contributed by atoms with Gasteiger partial charge in [0.1, 0.15) is 6.04 Å². The van der Waals surface area contributed by atoms with Gasteiger partial charge < -0.3 is 20.2 Å². The number of hydrogen-bond acceptors (Lipinski definition) is 5. The number of thiol groups is 1. The molecule has 0 aliphatic heterocycles. The smallest absolute Gasteiger partial charge is 0.329 e. The number of amides is 2. The van der Waals surface area contributed by atoms with Crippen molar-refractivity contribution in [2.45, 2.75) is 39.0 Å². The molecular weight excluding hydrogens is 498 g/mol. The van der Waals surface area contributed by atoms with Gasteiger partial charge >= 0.3 is 5.97 Å². The Hall–Kier alpha value is -0.518. The first-order chi connectivity index (χ1) is 8.27. The van der Waals surface area contributed by atoms with Crippen LogP contribution in [0.5, 0.6) is 0 Å². The van der Waals surface area contributed by atoms with Gasteiger partial charge in [0.05, 0.1) is 0 Å². The largest absolute Gasteiger partial charge is 0.540 e. The molecule has 3 atom stereocenters. The Morgan fingerprint density at radius 2 is 1.68 bits per heavy atom. The van der Waals surface area contributed by atoms with Crippen LogP contribution < -0.4 is 10.6 Å². The van der Waals surface area contributed by atoms with Crippen molar-refractivity contribution < 1.29 is 55.0 Å². The summed E-state index contributed by atoms with van der Waals surface area (Å²) in [6.07, 6.45) is 0.487. The van der Waals surface area contributed by atoms with E-state index in [1.165, 1.54) is 20.8 Å². The average molecular weight is 513 g/mol. The standard InChI is InChI=1S/C10H15N2O5S.U/c1-5(4-13)11-8(14)7(3)17-9(15)6(2)12-10(16)18;/h5-7H,1-3H3,(H,11,14)(H2,12,16,18);/q-1;. The van der Waals surface area contributed by atoms with Crippen LogP contribution in [0.3, 0.4) is 0 Å². The molecule has 0 aromatic heterocycles. The van der Waals surface area contributed by atoms with Crippen molar-refractivity contribution in [3.05, 3.63) is 0 Å². The molecular formula is C10H15N2O5SU-. The van der Waals surface area contributed by atoms with Gasteiger partial charge in [0.15, 0.2) is 6.10 Å². The predicted molar refractivity (Wildman–Crippen MR) is 65.8 cm³/mol. The zero-order chi connectivity index (χ0) is 14.3. The van der Waals surface area contributed by atoms with E-state index in [0.29, 0.717) is 0 Å². The van der Waals surface area contributed by atoms with E-state index < -0.39 is 35.3 Å². The van der Waals surface area contributed by atoms with E-state index in [-0.39, 0.29) is 31.1 Å². The van der Waals surface area contributed by atoms with Gasteiger partial charge in [0.2, 0.25) is 0 Å². The van der Waals surface area contributed by atoms with Crippen molar-refractivity contribution in [3.8, 4) is 0 Å². The van der Waals surface area contributed by atoms with Gasteiger partial charge in [-0.25, -0.2) is 11.1 Å². The summed E-state index contributed by atoms with van der Waals surface area (Å²) >= 11 is 3.44. The molecule has 0 saturated carbocycles. The monoisotopic (exact) mass is 513 g/mol. The molecule has 0 fully saturated rings. The van der Waals surface area contributed by atoms with E-state index in [0.717, 1.165) is 0 Å². The minimum atomic E-state index is -1.08. The topological polar surface area (TPSA) is 102 Å². The number of esters is 1. The molecule has 0 aliphatic rings. The minimum Gasteiger partial charge on any atom is -0.540 e.